The molecule has 3 heteroatoms. The Hall–Kier alpha value is -1.84. The average molecular weight is 367 g/mol. The molecule has 1 fully saturated rings. The third-order valence-corrected chi connectivity index (χ3v) is 6.99. The number of hydrogen-bond acceptors (Lipinski definition) is 3. The molecular formula is C24H30O3. The minimum Gasteiger partial charge on any atom is -0.508 e. The molecule has 1 saturated carbocycles. The minimum atomic E-state index is -0.651. The van der Waals surface area contributed by atoms with E-state index in [0.717, 1.165) is 38.5 Å². The number of benzene rings is 2. The van der Waals surface area contributed by atoms with Gasteiger partial charge >= 0.3 is 0 Å². The van der Waals surface area contributed by atoms with Gasteiger partial charge in [-0.15, -0.1) is 0 Å². The molecule has 0 amide bonds. The van der Waals surface area contributed by atoms with E-state index in [4.69, 9.17) is 0 Å². The number of fused-ring (bicyclic) bond motifs is 3. The number of aliphatic hydroxyl groups is 2. The van der Waals surface area contributed by atoms with Gasteiger partial charge in [0.05, 0.1) is 5.60 Å². The van der Waals surface area contributed by atoms with Crippen molar-refractivity contribution in [2.24, 2.45) is 5.92 Å². The van der Waals surface area contributed by atoms with Crippen LogP contribution in [-0.2, 0) is 18.3 Å². The lowest BCUT2D eigenvalue weighted by Crippen LogP contribution is -2.51. The van der Waals surface area contributed by atoms with Crippen molar-refractivity contribution in [3.63, 3.8) is 0 Å². The SMILES string of the molecule is OCCCC1(O)CC[C@@]2(Cc3ccccc3)c3ccc(O)cc3CC[C@@H]2C1. The smallest absolute Gasteiger partial charge is 0.115 e. The third-order valence-electron chi connectivity index (χ3n) is 6.99. The Labute approximate surface area is 161 Å². The normalized spacial score (nSPS) is 29.8. The van der Waals surface area contributed by atoms with Crippen molar-refractivity contribution in [3.8, 4) is 5.75 Å². The van der Waals surface area contributed by atoms with Crippen LogP contribution in [0.1, 0.15) is 55.2 Å². The topological polar surface area (TPSA) is 60.7 Å². The second kappa shape index (κ2) is 7.29. The molecule has 0 bridgehead atoms. The van der Waals surface area contributed by atoms with E-state index in [9.17, 15) is 15.3 Å². The number of aliphatic hydroxyl groups excluding tert-OH is 1. The fraction of sp³-hybridized carbons (Fsp3) is 0.500. The summed E-state index contributed by atoms with van der Waals surface area (Å²) in [6.07, 6.45) is 6.87. The molecule has 2 aromatic rings. The molecule has 144 valence electrons. The molecule has 2 aliphatic rings. The molecule has 27 heavy (non-hydrogen) atoms. The van der Waals surface area contributed by atoms with Crippen LogP contribution in [0.2, 0.25) is 0 Å². The van der Waals surface area contributed by atoms with Crippen molar-refractivity contribution in [3.05, 3.63) is 65.2 Å². The van der Waals surface area contributed by atoms with Gasteiger partial charge in [-0.25, -0.2) is 0 Å². The Morgan fingerprint density at radius 2 is 1.85 bits per heavy atom. The summed E-state index contributed by atoms with van der Waals surface area (Å²) in [5, 5.41) is 30.3. The first kappa shape index (κ1) is 18.5. The molecule has 0 heterocycles. The van der Waals surface area contributed by atoms with E-state index in [2.05, 4.69) is 36.4 Å². The van der Waals surface area contributed by atoms with Crippen LogP contribution in [0.4, 0.5) is 0 Å². The zero-order valence-corrected chi connectivity index (χ0v) is 15.9. The van der Waals surface area contributed by atoms with Crippen LogP contribution in [0.3, 0.4) is 0 Å². The Kier molecular flexibility index (Phi) is 5.00. The molecule has 3 N–H and O–H groups in total. The first-order valence-electron chi connectivity index (χ1n) is 10.2. The second-order valence-electron chi connectivity index (χ2n) is 8.65. The molecule has 0 saturated heterocycles. The van der Waals surface area contributed by atoms with E-state index >= 15 is 0 Å². The number of aromatic hydroxyl groups is 1. The zero-order valence-electron chi connectivity index (χ0n) is 15.9. The van der Waals surface area contributed by atoms with E-state index in [1.165, 1.54) is 16.7 Å². The van der Waals surface area contributed by atoms with Crippen LogP contribution in [0.5, 0.6) is 5.75 Å². The number of phenols is 1. The van der Waals surface area contributed by atoms with Crippen molar-refractivity contribution < 1.29 is 15.3 Å². The quantitative estimate of drug-likeness (QED) is 0.746. The Bertz CT molecular complexity index is 787. The maximum Gasteiger partial charge on any atom is 0.115 e. The maximum absolute atomic E-state index is 11.2. The molecule has 0 radical (unpaired) electrons. The molecule has 2 aliphatic carbocycles. The molecule has 3 atom stereocenters. The van der Waals surface area contributed by atoms with Crippen molar-refractivity contribution in [2.75, 3.05) is 6.61 Å². The van der Waals surface area contributed by atoms with Crippen LogP contribution in [0.25, 0.3) is 0 Å². The molecule has 0 aliphatic heterocycles. The molecule has 0 aromatic heterocycles. The summed E-state index contributed by atoms with van der Waals surface area (Å²) in [6.45, 7) is 0.143. The number of phenolic OH excluding ortho intramolecular Hbond substituents is 1. The van der Waals surface area contributed by atoms with Crippen LogP contribution in [0.15, 0.2) is 48.5 Å². The monoisotopic (exact) mass is 366 g/mol. The molecular weight excluding hydrogens is 336 g/mol. The molecule has 2 aromatic carbocycles. The lowest BCUT2D eigenvalue weighted by atomic mass is 9.52. The van der Waals surface area contributed by atoms with Crippen LogP contribution >= 0.6 is 0 Å². The standard InChI is InChI=1S/C24H30O3/c25-14-4-11-23(27)12-13-24(16-18-5-2-1-3-6-18)20(17-23)8-7-19-15-21(26)9-10-22(19)24/h1-3,5-6,9-10,15,20,25-27H,4,7-8,11-14,16-17H2/t20-,23?,24+/m1/s1. The minimum absolute atomic E-state index is 0.0219. The van der Waals surface area contributed by atoms with Crippen molar-refractivity contribution in [2.45, 2.75) is 62.4 Å². The first-order valence-corrected chi connectivity index (χ1v) is 10.2. The summed E-state index contributed by atoms with van der Waals surface area (Å²) in [4.78, 5) is 0. The first-order chi connectivity index (χ1) is 13.0. The summed E-state index contributed by atoms with van der Waals surface area (Å²) >= 11 is 0. The van der Waals surface area contributed by atoms with Crippen molar-refractivity contribution >= 4 is 0 Å². The van der Waals surface area contributed by atoms with E-state index in [-0.39, 0.29) is 12.0 Å². The average Bonchev–Trinajstić information content (AvgIpc) is 2.68. The molecule has 0 spiro atoms. The third kappa shape index (κ3) is 3.51. The number of rotatable bonds is 5. The molecule has 4 rings (SSSR count). The van der Waals surface area contributed by atoms with Gasteiger partial charge in [-0.05, 0) is 86.1 Å². The van der Waals surface area contributed by atoms with E-state index in [1.807, 2.05) is 12.1 Å². The van der Waals surface area contributed by atoms with Gasteiger partial charge in [0.1, 0.15) is 5.75 Å². The maximum atomic E-state index is 11.2. The largest absolute Gasteiger partial charge is 0.508 e. The van der Waals surface area contributed by atoms with Gasteiger partial charge in [0.2, 0.25) is 0 Å². The van der Waals surface area contributed by atoms with Crippen molar-refractivity contribution in [1.29, 1.82) is 0 Å². The summed E-state index contributed by atoms with van der Waals surface area (Å²) in [6, 6.07) is 16.5. The fourth-order valence-corrected chi connectivity index (χ4v) is 5.67. The van der Waals surface area contributed by atoms with Crippen LogP contribution in [0, 0.1) is 5.92 Å². The predicted octanol–water partition coefficient (Wildman–Crippen LogP) is 4.12. The highest BCUT2D eigenvalue weighted by Gasteiger charge is 2.51. The molecule has 3 nitrogen and oxygen atoms in total. The van der Waals surface area contributed by atoms with E-state index in [0.29, 0.717) is 24.5 Å². The summed E-state index contributed by atoms with van der Waals surface area (Å²) in [7, 11) is 0. The predicted molar refractivity (Wildman–Crippen MR) is 107 cm³/mol. The number of aryl methyl sites for hydroxylation is 1. The highest BCUT2D eigenvalue weighted by molar-refractivity contribution is 5.44. The van der Waals surface area contributed by atoms with Crippen molar-refractivity contribution in [1.82, 2.24) is 0 Å². The van der Waals surface area contributed by atoms with E-state index in [1.54, 1.807) is 0 Å². The summed E-state index contributed by atoms with van der Waals surface area (Å²) in [5.41, 5.74) is 3.34. The lowest BCUT2D eigenvalue weighted by molar-refractivity contribution is -0.0591. The zero-order chi connectivity index (χ0) is 18.9. The van der Waals surface area contributed by atoms with Crippen LogP contribution < -0.4 is 0 Å². The number of hydrogen-bond donors (Lipinski definition) is 3. The summed E-state index contributed by atoms with van der Waals surface area (Å²) < 4.78 is 0. The van der Waals surface area contributed by atoms with Gasteiger partial charge in [0, 0.05) is 12.0 Å². The van der Waals surface area contributed by atoms with Gasteiger partial charge in [-0.3, -0.25) is 0 Å². The molecule has 1 unspecified atom stereocenters. The van der Waals surface area contributed by atoms with Gasteiger partial charge in [-0.2, -0.15) is 0 Å². The fourth-order valence-electron chi connectivity index (χ4n) is 5.67. The van der Waals surface area contributed by atoms with E-state index < -0.39 is 5.60 Å². The Morgan fingerprint density at radius 3 is 2.63 bits per heavy atom. The van der Waals surface area contributed by atoms with Gasteiger partial charge < -0.3 is 15.3 Å². The Morgan fingerprint density at radius 1 is 1.04 bits per heavy atom. The van der Waals surface area contributed by atoms with Gasteiger partial charge in [0.25, 0.3) is 0 Å². The highest BCUT2D eigenvalue weighted by Crippen LogP contribution is 2.55. The lowest BCUT2D eigenvalue weighted by Gasteiger charge is -2.53. The van der Waals surface area contributed by atoms with Gasteiger partial charge in [0.15, 0.2) is 0 Å². The van der Waals surface area contributed by atoms with Gasteiger partial charge in [-0.1, -0.05) is 36.4 Å². The second-order valence-corrected chi connectivity index (χ2v) is 8.65. The highest BCUT2D eigenvalue weighted by atomic mass is 16.3. The summed E-state index contributed by atoms with van der Waals surface area (Å²) in [5.74, 6) is 0.768. The van der Waals surface area contributed by atoms with Crippen LogP contribution in [-0.4, -0.2) is 27.5 Å². The Balaban J connectivity index is 1.72.